The topological polar surface area (TPSA) is 15.3 Å². The Morgan fingerprint density at radius 1 is 1.53 bits per heavy atom. The molecule has 1 fully saturated rings. The van der Waals surface area contributed by atoms with Gasteiger partial charge in [0.2, 0.25) is 0 Å². The quantitative estimate of drug-likeness (QED) is 0.912. The molecule has 0 bridgehead atoms. The summed E-state index contributed by atoms with van der Waals surface area (Å²) < 4.78 is 1.21. The van der Waals surface area contributed by atoms with Crippen LogP contribution in [0.3, 0.4) is 0 Å². The first kappa shape index (κ1) is 13.5. The minimum Gasteiger partial charge on any atom is -0.314 e. The van der Waals surface area contributed by atoms with Gasteiger partial charge in [-0.15, -0.1) is 11.3 Å². The minimum atomic E-state index is 0.543. The Kier molecular flexibility index (Phi) is 5.03. The lowest BCUT2D eigenvalue weighted by atomic mass is 9.97. The number of thiophene rings is 1. The molecule has 0 saturated carbocycles. The highest BCUT2D eigenvalue weighted by Gasteiger charge is 2.22. The molecule has 1 aromatic heterocycles. The van der Waals surface area contributed by atoms with E-state index >= 15 is 0 Å². The third kappa shape index (κ3) is 3.78. The number of hydrogen-bond acceptors (Lipinski definition) is 3. The van der Waals surface area contributed by atoms with Gasteiger partial charge in [0.05, 0.1) is 0 Å². The Morgan fingerprint density at radius 2 is 2.35 bits per heavy atom. The first-order valence-electron chi connectivity index (χ1n) is 6.30. The maximum atomic E-state index is 3.65. The van der Waals surface area contributed by atoms with Crippen LogP contribution >= 0.6 is 27.3 Å². The van der Waals surface area contributed by atoms with Gasteiger partial charge in [0, 0.05) is 26.8 Å². The van der Waals surface area contributed by atoms with Gasteiger partial charge < -0.3 is 10.2 Å². The standard InChI is InChI=1S/C13H21BrN2S/c1-16(2)12(13-7-10(14)9-17-13)8-11-5-3-4-6-15-11/h7,9,11-12,15H,3-6,8H2,1-2H3. The first-order chi connectivity index (χ1) is 8.16. The molecular formula is C13H21BrN2S. The van der Waals surface area contributed by atoms with Gasteiger partial charge in [-0.2, -0.15) is 0 Å². The molecule has 1 aliphatic heterocycles. The van der Waals surface area contributed by atoms with Crippen molar-refractivity contribution in [3.8, 4) is 0 Å². The van der Waals surface area contributed by atoms with E-state index in [-0.39, 0.29) is 0 Å². The van der Waals surface area contributed by atoms with Crippen LogP contribution < -0.4 is 5.32 Å². The van der Waals surface area contributed by atoms with Crippen LogP contribution in [0.5, 0.6) is 0 Å². The molecule has 96 valence electrons. The number of halogens is 1. The van der Waals surface area contributed by atoms with E-state index in [0.29, 0.717) is 12.1 Å². The molecule has 2 heterocycles. The van der Waals surface area contributed by atoms with Gasteiger partial charge >= 0.3 is 0 Å². The van der Waals surface area contributed by atoms with E-state index in [0.717, 1.165) is 0 Å². The Bertz CT molecular complexity index is 345. The molecule has 2 nitrogen and oxygen atoms in total. The molecule has 1 aliphatic rings. The smallest absolute Gasteiger partial charge is 0.0450 e. The monoisotopic (exact) mass is 316 g/mol. The van der Waals surface area contributed by atoms with E-state index in [1.165, 1.54) is 41.6 Å². The van der Waals surface area contributed by atoms with Crippen LogP contribution in [0.4, 0.5) is 0 Å². The summed E-state index contributed by atoms with van der Waals surface area (Å²) in [5, 5.41) is 5.83. The van der Waals surface area contributed by atoms with Crippen molar-refractivity contribution in [2.75, 3.05) is 20.6 Å². The molecule has 0 aromatic carbocycles. The van der Waals surface area contributed by atoms with E-state index in [9.17, 15) is 0 Å². The summed E-state index contributed by atoms with van der Waals surface area (Å²) in [4.78, 5) is 3.81. The molecule has 1 aromatic rings. The average molecular weight is 317 g/mol. The maximum absolute atomic E-state index is 3.65. The summed E-state index contributed by atoms with van der Waals surface area (Å²) in [5.74, 6) is 0. The first-order valence-corrected chi connectivity index (χ1v) is 7.98. The van der Waals surface area contributed by atoms with Gasteiger partial charge in [-0.1, -0.05) is 6.42 Å². The molecule has 1 N–H and O–H groups in total. The third-order valence-corrected chi connectivity index (χ3v) is 5.25. The zero-order valence-corrected chi connectivity index (χ0v) is 13.0. The lowest BCUT2D eigenvalue weighted by molar-refractivity contribution is 0.243. The number of nitrogens with zero attached hydrogens (tertiary/aromatic N) is 1. The molecular weight excluding hydrogens is 296 g/mol. The molecule has 2 atom stereocenters. The van der Waals surface area contributed by atoms with Crippen LogP contribution in [0.2, 0.25) is 0 Å². The SMILES string of the molecule is CN(C)C(CC1CCCCN1)c1cc(Br)cs1. The van der Waals surface area contributed by atoms with E-state index in [2.05, 4.69) is 51.7 Å². The van der Waals surface area contributed by atoms with Crippen molar-refractivity contribution in [2.24, 2.45) is 0 Å². The van der Waals surface area contributed by atoms with Crippen molar-refractivity contribution >= 4 is 27.3 Å². The Hall–Kier alpha value is 0.1000. The Labute approximate surface area is 117 Å². The lowest BCUT2D eigenvalue weighted by Gasteiger charge is -2.30. The minimum absolute atomic E-state index is 0.543. The summed E-state index contributed by atoms with van der Waals surface area (Å²) in [6.45, 7) is 1.19. The van der Waals surface area contributed by atoms with Crippen LogP contribution in [0, 0.1) is 0 Å². The fourth-order valence-electron chi connectivity index (χ4n) is 2.48. The molecule has 2 unspecified atom stereocenters. The predicted molar refractivity (Wildman–Crippen MR) is 78.7 cm³/mol. The van der Waals surface area contributed by atoms with E-state index < -0.39 is 0 Å². The molecule has 0 radical (unpaired) electrons. The summed E-state index contributed by atoms with van der Waals surface area (Å²) in [6.07, 6.45) is 5.27. The fourth-order valence-corrected chi connectivity index (χ4v) is 4.13. The molecule has 1 saturated heterocycles. The highest BCUT2D eigenvalue weighted by Crippen LogP contribution is 2.32. The Balaban J connectivity index is 2.01. The number of rotatable bonds is 4. The van der Waals surface area contributed by atoms with Crippen molar-refractivity contribution in [3.63, 3.8) is 0 Å². The largest absolute Gasteiger partial charge is 0.314 e. The highest BCUT2D eigenvalue weighted by atomic mass is 79.9. The van der Waals surface area contributed by atoms with Crippen LogP contribution in [0.1, 0.15) is 36.6 Å². The van der Waals surface area contributed by atoms with E-state index in [1.807, 2.05) is 11.3 Å². The fraction of sp³-hybridized carbons (Fsp3) is 0.692. The van der Waals surface area contributed by atoms with Gasteiger partial charge in [0.15, 0.2) is 0 Å². The Morgan fingerprint density at radius 3 is 2.88 bits per heavy atom. The second-order valence-electron chi connectivity index (χ2n) is 5.03. The number of piperidine rings is 1. The molecule has 2 rings (SSSR count). The summed E-state index contributed by atoms with van der Waals surface area (Å²) in [5.41, 5.74) is 0. The summed E-state index contributed by atoms with van der Waals surface area (Å²) in [7, 11) is 4.36. The van der Waals surface area contributed by atoms with Crippen LogP contribution in [0.25, 0.3) is 0 Å². The molecule has 0 amide bonds. The highest BCUT2D eigenvalue weighted by molar-refractivity contribution is 9.10. The molecule has 0 spiro atoms. The molecule has 17 heavy (non-hydrogen) atoms. The van der Waals surface area contributed by atoms with Crippen molar-refractivity contribution in [1.82, 2.24) is 10.2 Å². The van der Waals surface area contributed by atoms with Gasteiger partial charge in [0.1, 0.15) is 0 Å². The van der Waals surface area contributed by atoms with Crippen LogP contribution in [-0.4, -0.2) is 31.6 Å². The summed E-state index contributed by atoms with van der Waals surface area (Å²) >= 11 is 5.41. The van der Waals surface area contributed by atoms with Gasteiger partial charge in [-0.05, 0) is 61.9 Å². The van der Waals surface area contributed by atoms with Crippen molar-refractivity contribution in [2.45, 2.75) is 37.8 Å². The zero-order chi connectivity index (χ0) is 12.3. The summed E-state index contributed by atoms with van der Waals surface area (Å²) in [6, 6.07) is 3.50. The number of hydrogen-bond donors (Lipinski definition) is 1. The maximum Gasteiger partial charge on any atom is 0.0450 e. The third-order valence-electron chi connectivity index (χ3n) is 3.46. The van der Waals surface area contributed by atoms with Crippen LogP contribution in [-0.2, 0) is 0 Å². The second kappa shape index (κ2) is 6.32. The van der Waals surface area contributed by atoms with Gasteiger partial charge in [-0.3, -0.25) is 0 Å². The second-order valence-corrected chi connectivity index (χ2v) is 6.89. The normalized spacial score (nSPS) is 22.9. The molecule has 0 aliphatic carbocycles. The average Bonchev–Trinajstić information content (AvgIpc) is 2.73. The van der Waals surface area contributed by atoms with E-state index in [1.54, 1.807) is 0 Å². The van der Waals surface area contributed by atoms with Crippen molar-refractivity contribution in [1.29, 1.82) is 0 Å². The lowest BCUT2D eigenvalue weighted by Crippen LogP contribution is -2.37. The van der Waals surface area contributed by atoms with Gasteiger partial charge in [0.25, 0.3) is 0 Å². The van der Waals surface area contributed by atoms with Crippen molar-refractivity contribution in [3.05, 3.63) is 20.8 Å². The van der Waals surface area contributed by atoms with Gasteiger partial charge in [-0.25, -0.2) is 0 Å². The predicted octanol–water partition coefficient (Wildman–Crippen LogP) is 3.65. The van der Waals surface area contributed by atoms with Crippen LogP contribution in [0.15, 0.2) is 15.9 Å². The number of nitrogens with one attached hydrogen (secondary N) is 1. The zero-order valence-electron chi connectivity index (χ0n) is 10.6. The van der Waals surface area contributed by atoms with E-state index in [4.69, 9.17) is 0 Å². The molecule has 4 heteroatoms. The van der Waals surface area contributed by atoms with Crippen molar-refractivity contribution < 1.29 is 0 Å².